The van der Waals surface area contributed by atoms with E-state index in [1.165, 1.54) is 13.3 Å². The van der Waals surface area contributed by atoms with Crippen molar-refractivity contribution in [2.24, 2.45) is 0 Å². The first-order valence-corrected chi connectivity index (χ1v) is 6.85. The summed E-state index contributed by atoms with van der Waals surface area (Å²) in [6, 6.07) is 1.54. The lowest BCUT2D eigenvalue weighted by Gasteiger charge is -2.22. The SMILES string of the molecule is COC(=O)c1cc(N(C)CC(=O)N2CCCC2)ncc1N. The van der Waals surface area contributed by atoms with Crippen LogP contribution in [-0.4, -0.2) is 55.6 Å². The Morgan fingerprint density at radius 1 is 1.43 bits per heavy atom. The zero-order valence-corrected chi connectivity index (χ0v) is 12.3. The number of hydrogen-bond donors (Lipinski definition) is 1. The third-order valence-electron chi connectivity index (χ3n) is 3.55. The van der Waals surface area contributed by atoms with Gasteiger partial charge in [0.25, 0.3) is 0 Å². The Balaban J connectivity index is 2.09. The van der Waals surface area contributed by atoms with Gasteiger partial charge < -0.3 is 20.3 Å². The number of anilines is 2. The highest BCUT2D eigenvalue weighted by Crippen LogP contribution is 2.18. The molecule has 0 atom stereocenters. The summed E-state index contributed by atoms with van der Waals surface area (Å²) in [6.45, 7) is 1.85. The molecule has 21 heavy (non-hydrogen) atoms. The molecule has 1 saturated heterocycles. The molecule has 0 unspecified atom stereocenters. The van der Waals surface area contributed by atoms with Crippen molar-refractivity contribution in [1.29, 1.82) is 0 Å². The van der Waals surface area contributed by atoms with E-state index in [2.05, 4.69) is 9.72 Å². The average Bonchev–Trinajstić information content (AvgIpc) is 3.01. The molecule has 0 aliphatic carbocycles. The van der Waals surface area contributed by atoms with Gasteiger partial charge in [0.1, 0.15) is 5.82 Å². The highest BCUT2D eigenvalue weighted by Gasteiger charge is 2.20. The van der Waals surface area contributed by atoms with Crippen LogP contribution in [0.15, 0.2) is 12.3 Å². The van der Waals surface area contributed by atoms with E-state index in [1.807, 2.05) is 4.90 Å². The number of nitrogens with zero attached hydrogens (tertiary/aromatic N) is 3. The van der Waals surface area contributed by atoms with E-state index >= 15 is 0 Å². The number of ether oxygens (including phenoxy) is 1. The summed E-state index contributed by atoms with van der Waals surface area (Å²) in [6.07, 6.45) is 3.52. The van der Waals surface area contributed by atoms with Crippen molar-refractivity contribution in [2.75, 3.05) is 44.4 Å². The number of nitrogens with two attached hydrogens (primary N) is 1. The molecule has 1 fully saturated rings. The Hall–Kier alpha value is -2.31. The Labute approximate surface area is 123 Å². The Kier molecular flexibility index (Phi) is 4.62. The lowest BCUT2D eigenvalue weighted by molar-refractivity contribution is -0.128. The molecule has 0 bridgehead atoms. The second-order valence-electron chi connectivity index (χ2n) is 5.07. The number of likely N-dealkylation sites (N-methyl/N-ethyl adjacent to an activating group) is 1. The number of nitrogen functional groups attached to an aromatic ring is 1. The van der Waals surface area contributed by atoms with Gasteiger partial charge in [-0.1, -0.05) is 0 Å². The van der Waals surface area contributed by atoms with Crippen LogP contribution in [-0.2, 0) is 9.53 Å². The van der Waals surface area contributed by atoms with Crippen LogP contribution < -0.4 is 10.6 Å². The largest absolute Gasteiger partial charge is 0.465 e. The maximum absolute atomic E-state index is 12.1. The second-order valence-corrected chi connectivity index (χ2v) is 5.07. The fraction of sp³-hybridized carbons (Fsp3) is 0.500. The zero-order valence-electron chi connectivity index (χ0n) is 12.3. The highest BCUT2D eigenvalue weighted by molar-refractivity contribution is 5.95. The van der Waals surface area contributed by atoms with Gasteiger partial charge in [-0.25, -0.2) is 9.78 Å². The van der Waals surface area contributed by atoms with E-state index in [0.717, 1.165) is 25.9 Å². The minimum atomic E-state index is -0.518. The average molecular weight is 292 g/mol. The van der Waals surface area contributed by atoms with Crippen LogP contribution in [0.25, 0.3) is 0 Å². The molecular weight excluding hydrogens is 272 g/mol. The molecular formula is C14H20N4O3. The molecule has 0 radical (unpaired) electrons. The Morgan fingerprint density at radius 3 is 2.71 bits per heavy atom. The second kappa shape index (κ2) is 6.43. The Morgan fingerprint density at radius 2 is 2.10 bits per heavy atom. The number of carbonyl (C=O) groups is 2. The summed E-state index contributed by atoms with van der Waals surface area (Å²) in [5.74, 6) is 0.0563. The van der Waals surface area contributed by atoms with Gasteiger partial charge in [0, 0.05) is 20.1 Å². The molecule has 1 aliphatic rings. The molecule has 2 N–H and O–H groups in total. The minimum Gasteiger partial charge on any atom is -0.465 e. The molecule has 7 nitrogen and oxygen atoms in total. The monoisotopic (exact) mass is 292 g/mol. The van der Waals surface area contributed by atoms with Crippen LogP contribution in [0.2, 0.25) is 0 Å². The molecule has 1 aliphatic heterocycles. The van der Waals surface area contributed by atoms with Crippen molar-refractivity contribution in [3.8, 4) is 0 Å². The topological polar surface area (TPSA) is 88.8 Å². The van der Waals surface area contributed by atoms with E-state index in [4.69, 9.17) is 5.73 Å². The van der Waals surface area contributed by atoms with E-state index in [9.17, 15) is 9.59 Å². The molecule has 2 rings (SSSR count). The lowest BCUT2D eigenvalue weighted by atomic mass is 10.2. The van der Waals surface area contributed by atoms with Gasteiger partial charge in [-0.15, -0.1) is 0 Å². The summed E-state index contributed by atoms with van der Waals surface area (Å²) in [4.78, 5) is 31.4. The molecule has 0 saturated carbocycles. The number of methoxy groups -OCH3 is 1. The van der Waals surface area contributed by atoms with Gasteiger partial charge in [-0.05, 0) is 18.9 Å². The molecule has 1 aromatic rings. The Bertz CT molecular complexity index is 541. The number of carbonyl (C=O) groups excluding carboxylic acids is 2. The van der Waals surface area contributed by atoms with Crippen LogP contribution in [0.3, 0.4) is 0 Å². The van der Waals surface area contributed by atoms with Gasteiger partial charge >= 0.3 is 5.97 Å². The summed E-state index contributed by atoms with van der Waals surface area (Å²) in [7, 11) is 3.05. The molecule has 1 amide bonds. The van der Waals surface area contributed by atoms with Crippen LogP contribution in [0.1, 0.15) is 23.2 Å². The quantitative estimate of drug-likeness (QED) is 0.813. The van der Waals surface area contributed by atoms with Crippen LogP contribution in [0, 0.1) is 0 Å². The number of aromatic nitrogens is 1. The van der Waals surface area contributed by atoms with Gasteiger partial charge in [-0.2, -0.15) is 0 Å². The van der Waals surface area contributed by atoms with Crippen LogP contribution >= 0.6 is 0 Å². The van der Waals surface area contributed by atoms with Crippen molar-refractivity contribution in [3.05, 3.63) is 17.8 Å². The summed E-state index contributed by atoms with van der Waals surface area (Å²) in [5.41, 5.74) is 6.22. The number of amides is 1. The fourth-order valence-electron chi connectivity index (χ4n) is 2.30. The van der Waals surface area contributed by atoms with Crippen molar-refractivity contribution in [3.63, 3.8) is 0 Å². The van der Waals surface area contributed by atoms with Gasteiger partial charge in [-0.3, -0.25) is 4.79 Å². The molecule has 0 aromatic carbocycles. The van der Waals surface area contributed by atoms with E-state index in [-0.39, 0.29) is 23.7 Å². The first-order chi connectivity index (χ1) is 10.0. The first kappa shape index (κ1) is 15.1. The smallest absolute Gasteiger partial charge is 0.340 e. The summed E-state index contributed by atoms with van der Waals surface area (Å²) >= 11 is 0. The zero-order chi connectivity index (χ0) is 15.4. The maximum atomic E-state index is 12.1. The van der Waals surface area contributed by atoms with E-state index < -0.39 is 5.97 Å². The molecule has 7 heteroatoms. The minimum absolute atomic E-state index is 0.0632. The predicted octanol–water partition coefficient (Wildman–Crippen LogP) is 0.509. The van der Waals surface area contributed by atoms with Gasteiger partial charge in [0.2, 0.25) is 5.91 Å². The third-order valence-corrected chi connectivity index (χ3v) is 3.55. The van der Waals surface area contributed by atoms with Crippen molar-refractivity contribution in [2.45, 2.75) is 12.8 Å². The molecule has 114 valence electrons. The highest BCUT2D eigenvalue weighted by atomic mass is 16.5. The summed E-state index contributed by atoms with van der Waals surface area (Å²) in [5, 5.41) is 0. The fourth-order valence-corrected chi connectivity index (χ4v) is 2.30. The molecule has 0 spiro atoms. The first-order valence-electron chi connectivity index (χ1n) is 6.85. The number of hydrogen-bond acceptors (Lipinski definition) is 6. The van der Waals surface area contributed by atoms with Crippen molar-refractivity contribution < 1.29 is 14.3 Å². The predicted molar refractivity (Wildman–Crippen MR) is 79.1 cm³/mol. The molecule has 1 aromatic heterocycles. The van der Waals surface area contributed by atoms with Crippen molar-refractivity contribution in [1.82, 2.24) is 9.88 Å². The van der Waals surface area contributed by atoms with Gasteiger partial charge in [0.15, 0.2) is 0 Å². The van der Waals surface area contributed by atoms with E-state index in [0.29, 0.717) is 5.82 Å². The number of pyridine rings is 1. The van der Waals surface area contributed by atoms with Crippen molar-refractivity contribution >= 4 is 23.4 Å². The standard InChI is InChI=1S/C14H20N4O3/c1-17(9-13(19)18-5-3-4-6-18)12-7-10(14(20)21-2)11(15)8-16-12/h7-8H,3-6,9,15H2,1-2H3. The van der Waals surface area contributed by atoms with Crippen LogP contribution in [0.5, 0.6) is 0 Å². The van der Waals surface area contributed by atoms with Gasteiger partial charge in [0.05, 0.1) is 31.1 Å². The van der Waals surface area contributed by atoms with E-state index in [1.54, 1.807) is 18.0 Å². The maximum Gasteiger partial charge on any atom is 0.340 e. The number of rotatable bonds is 4. The number of likely N-dealkylation sites (tertiary alicyclic amines) is 1. The molecule has 2 heterocycles. The lowest BCUT2D eigenvalue weighted by Crippen LogP contribution is -2.37. The summed E-state index contributed by atoms with van der Waals surface area (Å²) < 4.78 is 4.67. The third kappa shape index (κ3) is 3.42. The number of esters is 1. The van der Waals surface area contributed by atoms with Crippen LogP contribution in [0.4, 0.5) is 11.5 Å². The normalized spacial score (nSPS) is 14.1.